The topological polar surface area (TPSA) is 64.6 Å². The average molecular weight is 235 g/mol. The Morgan fingerprint density at radius 2 is 2.06 bits per heavy atom. The molecule has 1 aromatic carbocycles. The monoisotopic (exact) mass is 235 g/mol. The van der Waals surface area contributed by atoms with E-state index in [2.05, 4.69) is 16.6 Å². The quantitative estimate of drug-likeness (QED) is 0.636. The highest BCUT2D eigenvalue weighted by Crippen LogP contribution is 2.23. The molecule has 17 heavy (non-hydrogen) atoms. The van der Waals surface area contributed by atoms with E-state index < -0.39 is 5.97 Å². The Kier molecular flexibility index (Phi) is 4.28. The van der Waals surface area contributed by atoms with Gasteiger partial charge in [0.2, 0.25) is 5.91 Å². The van der Waals surface area contributed by atoms with Crippen LogP contribution in [0.5, 0.6) is 5.75 Å². The summed E-state index contributed by atoms with van der Waals surface area (Å²) in [7, 11) is 2.72. The van der Waals surface area contributed by atoms with E-state index in [0.29, 0.717) is 17.0 Å². The van der Waals surface area contributed by atoms with Crippen LogP contribution >= 0.6 is 0 Å². The third-order valence-corrected chi connectivity index (χ3v) is 2.06. The van der Waals surface area contributed by atoms with E-state index in [0.717, 1.165) is 6.08 Å². The van der Waals surface area contributed by atoms with E-state index in [4.69, 9.17) is 4.74 Å². The van der Waals surface area contributed by atoms with Crippen molar-refractivity contribution in [3.63, 3.8) is 0 Å². The summed E-state index contributed by atoms with van der Waals surface area (Å²) in [5.74, 6) is -0.500. The predicted octanol–water partition coefficient (Wildman–Crippen LogP) is 1.61. The van der Waals surface area contributed by atoms with Gasteiger partial charge in [0.25, 0.3) is 0 Å². The fraction of sp³-hybridized carbons (Fsp3) is 0.167. The van der Waals surface area contributed by atoms with Crippen LogP contribution in [-0.2, 0) is 9.53 Å². The average Bonchev–Trinajstić information content (AvgIpc) is 2.37. The van der Waals surface area contributed by atoms with Crippen LogP contribution in [0.4, 0.5) is 5.69 Å². The molecule has 0 saturated carbocycles. The Bertz CT molecular complexity index is 454. The summed E-state index contributed by atoms with van der Waals surface area (Å²) >= 11 is 0. The van der Waals surface area contributed by atoms with E-state index in [9.17, 15) is 9.59 Å². The van der Waals surface area contributed by atoms with Crippen LogP contribution in [0.25, 0.3) is 0 Å². The van der Waals surface area contributed by atoms with Crippen molar-refractivity contribution in [2.75, 3.05) is 19.5 Å². The second-order valence-corrected chi connectivity index (χ2v) is 3.10. The van der Waals surface area contributed by atoms with Gasteiger partial charge in [0.05, 0.1) is 14.2 Å². The first-order valence-electron chi connectivity index (χ1n) is 4.82. The van der Waals surface area contributed by atoms with Crippen molar-refractivity contribution < 1.29 is 19.1 Å². The summed E-state index contributed by atoms with van der Waals surface area (Å²) in [6, 6.07) is 4.63. The maximum Gasteiger partial charge on any atom is 0.341 e. The summed E-state index contributed by atoms with van der Waals surface area (Å²) in [5.41, 5.74) is 0.811. The normalized spacial score (nSPS) is 9.29. The number of ether oxygens (including phenoxy) is 2. The lowest BCUT2D eigenvalue weighted by atomic mass is 10.2. The van der Waals surface area contributed by atoms with Crippen LogP contribution in [0.2, 0.25) is 0 Å². The fourth-order valence-corrected chi connectivity index (χ4v) is 1.24. The molecule has 1 aromatic rings. The summed E-state index contributed by atoms with van der Waals surface area (Å²) < 4.78 is 9.64. The molecule has 0 aromatic heterocycles. The summed E-state index contributed by atoms with van der Waals surface area (Å²) in [6.07, 6.45) is 1.15. The Morgan fingerprint density at radius 1 is 1.35 bits per heavy atom. The van der Waals surface area contributed by atoms with Gasteiger partial charge in [-0.15, -0.1) is 0 Å². The number of methoxy groups -OCH3 is 2. The van der Waals surface area contributed by atoms with E-state index in [-0.39, 0.29) is 5.91 Å². The van der Waals surface area contributed by atoms with Gasteiger partial charge in [-0.3, -0.25) is 4.79 Å². The molecule has 90 valence electrons. The number of amides is 1. The lowest BCUT2D eigenvalue weighted by Gasteiger charge is -2.09. The molecule has 0 spiro atoms. The summed E-state index contributed by atoms with van der Waals surface area (Å²) in [4.78, 5) is 22.5. The third kappa shape index (κ3) is 3.07. The van der Waals surface area contributed by atoms with Gasteiger partial charge < -0.3 is 14.8 Å². The second kappa shape index (κ2) is 5.69. The zero-order valence-electron chi connectivity index (χ0n) is 9.65. The van der Waals surface area contributed by atoms with Gasteiger partial charge in [0.1, 0.15) is 11.3 Å². The Morgan fingerprint density at radius 3 is 2.59 bits per heavy atom. The molecule has 0 saturated heterocycles. The lowest BCUT2D eigenvalue weighted by molar-refractivity contribution is -0.111. The van der Waals surface area contributed by atoms with Crippen molar-refractivity contribution in [2.45, 2.75) is 0 Å². The molecule has 5 heteroatoms. The first-order chi connectivity index (χ1) is 8.12. The van der Waals surface area contributed by atoms with Gasteiger partial charge in [-0.25, -0.2) is 4.79 Å². The van der Waals surface area contributed by atoms with Crippen LogP contribution < -0.4 is 10.1 Å². The molecule has 0 radical (unpaired) electrons. The predicted molar refractivity (Wildman–Crippen MR) is 63.2 cm³/mol. The van der Waals surface area contributed by atoms with E-state index in [1.165, 1.54) is 26.4 Å². The molecule has 0 unspecified atom stereocenters. The number of esters is 1. The van der Waals surface area contributed by atoms with Crippen LogP contribution in [0.1, 0.15) is 10.4 Å². The van der Waals surface area contributed by atoms with Crippen molar-refractivity contribution in [1.29, 1.82) is 0 Å². The van der Waals surface area contributed by atoms with Crippen molar-refractivity contribution in [1.82, 2.24) is 0 Å². The van der Waals surface area contributed by atoms with Gasteiger partial charge in [-0.1, -0.05) is 6.58 Å². The van der Waals surface area contributed by atoms with Gasteiger partial charge >= 0.3 is 5.97 Å². The first kappa shape index (κ1) is 12.8. The second-order valence-electron chi connectivity index (χ2n) is 3.10. The molecular weight excluding hydrogens is 222 g/mol. The Labute approximate surface area is 99.0 Å². The molecular formula is C12H13NO4. The fourth-order valence-electron chi connectivity index (χ4n) is 1.24. The molecule has 0 aliphatic carbocycles. The molecule has 0 atom stereocenters. The Hall–Kier alpha value is -2.30. The van der Waals surface area contributed by atoms with Crippen LogP contribution in [-0.4, -0.2) is 26.1 Å². The van der Waals surface area contributed by atoms with Crippen molar-refractivity contribution in [2.24, 2.45) is 0 Å². The SMILES string of the molecule is C=CC(=O)Nc1ccc(C(=O)OC)c(OC)c1. The smallest absolute Gasteiger partial charge is 0.341 e. The largest absolute Gasteiger partial charge is 0.496 e. The van der Waals surface area contributed by atoms with E-state index in [1.54, 1.807) is 6.07 Å². The minimum Gasteiger partial charge on any atom is -0.496 e. The molecule has 1 amide bonds. The number of anilines is 1. The first-order valence-corrected chi connectivity index (χ1v) is 4.82. The lowest BCUT2D eigenvalue weighted by Crippen LogP contribution is -2.09. The maximum atomic E-state index is 11.4. The number of benzene rings is 1. The zero-order valence-corrected chi connectivity index (χ0v) is 9.65. The summed E-state index contributed by atoms with van der Waals surface area (Å²) in [6.45, 7) is 3.34. The molecule has 0 fully saturated rings. The highest BCUT2D eigenvalue weighted by molar-refractivity contribution is 6.00. The number of nitrogens with one attached hydrogen (secondary N) is 1. The summed E-state index contributed by atoms with van der Waals surface area (Å²) in [5, 5.41) is 2.56. The van der Waals surface area contributed by atoms with Gasteiger partial charge in [0, 0.05) is 11.8 Å². The number of carbonyl (C=O) groups is 2. The highest BCUT2D eigenvalue weighted by atomic mass is 16.5. The van der Waals surface area contributed by atoms with Crippen molar-refractivity contribution >= 4 is 17.6 Å². The molecule has 0 bridgehead atoms. The van der Waals surface area contributed by atoms with Crippen LogP contribution in [0, 0.1) is 0 Å². The minimum absolute atomic E-state index is 0.298. The zero-order chi connectivity index (χ0) is 12.8. The van der Waals surface area contributed by atoms with Crippen LogP contribution in [0.3, 0.4) is 0 Å². The maximum absolute atomic E-state index is 11.4. The third-order valence-electron chi connectivity index (χ3n) is 2.06. The van der Waals surface area contributed by atoms with E-state index >= 15 is 0 Å². The number of rotatable bonds is 4. The standard InChI is InChI=1S/C12H13NO4/c1-4-11(14)13-8-5-6-9(12(15)17-3)10(7-8)16-2/h4-7H,1H2,2-3H3,(H,13,14). The van der Waals surface area contributed by atoms with Crippen molar-refractivity contribution in [3.8, 4) is 5.75 Å². The molecule has 0 aliphatic heterocycles. The molecule has 5 nitrogen and oxygen atoms in total. The molecule has 0 aliphatic rings. The van der Waals surface area contributed by atoms with Gasteiger partial charge in [-0.05, 0) is 18.2 Å². The van der Waals surface area contributed by atoms with E-state index in [1.807, 2.05) is 0 Å². The minimum atomic E-state index is -0.497. The van der Waals surface area contributed by atoms with Crippen LogP contribution in [0.15, 0.2) is 30.9 Å². The number of hydrogen-bond acceptors (Lipinski definition) is 4. The van der Waals surface area contributed by atoms with Crippen molar-refractivity contribution in [3.05, 3.63) is 36.4 Å². The molecule has 1 rings (SSSR count). The van der Waals surface area contributed by atoms with Gasteiger partial charge in [-0.2, -0.15) is 0 Å². The Balaban J connectivity index is 3.04. The number of hydrogen-bond donors (Lipinski definition) is 1. The molecule has 1 N–H and O–H groups in total. The molecule has 0 heterocycles. The highest BCUT2D eigenvalue weighted by Gasteiger charge is 2.13. The van der Waals surface area contributed by atoms with Gasteiger partial charge in [0.15, 0.2) is 0 Å². The number of carbonyl (C=O) groups excluding carboxylic acids is 2.